The second kappa shape index (κ2) is 6.86. The maximum atomic E-state index is 13.0. The van der Waals surface area contributed by atoms with Crippen molar-refractivity contribution in [1.82, 2.24) is 5.32 Å². The third-order valence-corrected chi connectivity index (χ3v) is 9.07. The summed E-state index contributed by atoms with van der Waals surface area (Å²) in [6.45, 7) is 3.00. The van der Waals surface area contributed by atoms with Crippen LogP contribution in [-0.2, 0) is 22.0 Å². The minimum atomic E-state index is -5.69. The van der Waals surface area contributed by atoms with Crippen LogP contribution < -0.4 is 9.50 Å². The highest BCUT2D eigenvalue weighted by atomic mass is 32.2. The van der Waals surface area contributed by atoms with E-state index in [9.17, 15) is 21.6 Å². The van der Waals surface area contributed by atoms with Crippen molar-refractivity contribution in [2.75, 3.05) is 6.54 Å². The molecule has 0 amide bonds. The van der Waals surface area contributed by atoms with Gasteiger partial charge in [0.1, 0.15) is 5.75 Å². The lowest BCUT2D eigenvalue weighted by molar-refractivity contribution is -0.0500. The average molecular weight is 444 g/mol. The van der Waals surface area contributed by atoms with Crippen molar-refractivity contribution < 1.29 is 25.8 Å². The van der Waals surface area contributed by atoms with Crippen LogP contribution in [-0.4, -0.2) is 26.5 Å². The molecule has 5 rings (SSSR count). The van der Waals surface area contributed by atoms with Crippen LogP contribution in [0.15, 0.2) is 12.1 Å². The van der Waals surface area contributed by atoms with E-state index in [4.69, 9.17) is 0 Å². The van der Waals surface area contributed by atoms with Crippen LogP contribution >= 0.6 is 0 Å². The van der Waals surface area contributed by atoms with Crippen molar-refractivity contribution >= 4 is 10.1 Å². The van der Waals surface area contributed by atoms with E-state index in [1.54, 1.807) is 12.1 Å². The van der Waals surface area contributed by atoms with Crippen molar-refractivity contribution in [3.8, 4) is 5.75 Å². The zero-order valence-electron chi connectivity index (χ0n) is 17.1. The van der Waals surface area contributed by atoms with Crippen molar-refractivity contribution in [1.29, 1.82) is 0 Å². The number of fused-ring (bicyclic) bond motifs is 1. The van der Waals surface area contributed by atoms with Gasteiger partial charge < -0.3 is 9.50 Å². The minimum absolute atomic E-state index is 0.0822. The van der Waals surface area contributed by atoms with Crippen LogP contribution in [0, 0.1) is 11.8 Å². The Morgan fingerprint density at radius 1 is 1.17 bits per heavy atom. The Kier molecular flexibility index (Phi) is 4.71. The summed E-state index contributed by atoms with van der Waals surface area (Å²) in [5.74, 6) is 0.974. The zero-order chi connectivity index (χ0) is 21.3. The molecule has 4 unspecified atom stereocenters. The van der Waals surface area contributed by atoms with Gasteiger partial charge in [-0.1, -0.05) is 19.8 Å². The lowest BCUT2D eigenvalue weighted by Crippen LogP contribution is -2.59. The first-order valence-electron chi connectivity index (χ1n) is 11.0. The summed E-state index contributed by atoms with van der Waals surface area (Å²) in [7, 11) is -5.69. The standard InChI is InChI=1S/C22H28F3NO3S/c1-13(14-5-6-14)16-10-15(29-30(27,28)22(23,24)25)11-19-17(16)12-20-18-4-2-3-7-21(18,19)8-9-26-20/h10-11,13-14,18,20,26H,2-9,12H2,1H3. The van der Waals surface area contributed by atoms with Crippen LogP contribution in [0.4, 0.5) is 13.2 Å². The van der Waals surface area contributed by atoms with E-state index in [0.29, 0.717) is 17.9 Å². The molecule has 8 heteroatoms. The van der Waals surface area contributed by atoms with Gasteiger partial charge in [0, 0.05) is 11.5 Å². The summed E-state index contributed by atoms with van der Waals surface area (Å²) in [5.41, 5.74) is -2.25. The zero-order valence-corrected chi connectivity index (χ0v) is 17.9. The molecule has 3 fully saturated rings. The molecule has 1 aliphatic heterocycles. The van der Waals surface area contributed by atoms with Gasteiger partial charge in [-0.15, -0.1) is 0 Å². The fourth-order valence-electron chi connectivity index (χ4n) is 6.51. The number of benzene rings is 1. The molecule has 166 valence electrons. The summed E-state index contributed by atoms with van der Waals surface area (Å²) >= 11 is 0. The molecule has 0 radical (unpaired) electrons. The molecule has 1 aromatic rings. The lowest BCUT2D eigenvalue weighted by atomic mass is 9.52. The molecule has 0 aromatic heterocycles. The quantitative estimate of drug-likeness (QED) is 0.538. The second-order valence-corrected chi connectivity index (χ2v) is 11.2. The number of hydrogen-bond donors (Lipinski definition) is 1. The van der Waals surface area contributed by atoms with E-state index in [-0.39, 0.29) is 17.1 Å². The largest absolute Gasteiger partial charge is 0.534 e. The summed E-state index contributed by atoms with van der Waals surface area (Å²) in [4.78, 5) is 0. The van der Waals surface area contributed by atoms with Crippen LogP contribution in [0.1, 0.15) is 74.5 Å². The molecule has 1 N–H and O–H groups in total. The second-order valence-electron chi connectivity index (χ2n) is 9.67. The monoisotopic (exact) mass is 443 g/mol. The SMILES string of the molecule is CC(c1cc(OS(=O)(=O)C(F)(F)F)cc2c1CC1NCCC23CCCCC13)C1CC1. The van der Waals surface area contributed by atoms with Crippen molar-refractivity contribution in [2.45, 2.75) is 81.2 Å². The highest BCUT2D eigenvalue weighted by Crippen LogP contribution is 2.56. The maximum Gasteiger partial charge on any atom is 0.534 e. The summed E-state index contributed by atoms with van der Waals surface area (Å²) in [6, 6.07) is 3.59. The summed E-state index contributed by atoms with van der Waals surface area (Å²) in [5, 5.41) is 3.69. The fraction of sp³-hybridized carbons (Fsp3) is 0.727. The first-order chi connectivity index (χ1) is 14.1. The maximum absolute atomic E-state index is 13.0. The highest BCUT2D eigenvalue weighted by molar-refractivity contribution is 7.88. The molecule has 30 heavy (non-hydrogen) atoms. The van der Waals surface area contributed by atoms with Crippen molar-refractivity contribution in [3.05, 3.63) is 28.8 Å². The molecule has 0 spiro atoms. The topological polar surface area (TPSA) is 55.4 Å². The summed E-state index contributed by atoms with van der Waals surface area (Å²) < 4.78 is 67.2. The van der Waals surface area contributed by atoms with Gasteiger partial charge in [-0.25, -0.2) is 0 Å². The van der Waals surface area contributed by atoms with Crippen LogP contribution in [0.25, 0.3) is 0 Å². The van der Waals surface area contributed by atoms with Crippen LogP contribution in [0.2, 0.25) is 0 Å². The van der Waals surface area contributed by atoms with E-state index in [0.717, 1.165) is 62.6 Å². The van der Waals surface area contributed by atoms with Crippen LogP contribution in [0.3, 0.4) is 0 Å². The van der Waals surface area contributed by atoms with Gasteiger partial charge in [-0.2, -0.15) is 21.6 Å². The predicted molar refractivity (Wildman–Crippen MR) is 107 cm³/mol. The Hall–Kier alpha value is -1.28. The van der Waals surface area contributed by atoms with E-state index in [1.165, 1.54) is 12.0 Å². The lowest BCUT2D eigenvalue weighted by Gasteiger charge is -2.56. The van der Waals surface area contributed by atoms with E-state index < -0.39 is 15.6 Å². The summed E-state index contributed by atoms with van der Waals surface area (Å²) in [6.07, 6.45) is 8.40. The third kappa shape index (κ3) is 3.17. The Labute approximate surface area is 175 Å². The Bertz CT molecular complexity index is 953. The molecule has 1 aromatic carbocycles. The van der Waals surface area contributed by atoms with Gasteiger partial charge in [0.25, 0.3) is 0 Å². The van der Waals surface area contributed by atoms with Crippen molar-refractivity contribution in [3.63, 3.8) is 0 Å². The smallest absolute Gasteiger partial charge is 0.376 e. The average Bonchev–Trinajstić information content (AvgIpc) is 3.51. The first-order valence-corrected chi connectivity index (χ1v) is 12.4. The molecule has 2 bridgehead atoms. The Morgan fingerprint density at radius 3 is 2.63 bits per heavy atom. The molecule has 4 aliphatic rings. The fourth-order valence-corrected chi connectivity index (χ4v) is 6.95. The third-order valence-electron chi connectivity index (χ3n) is 8.09. The molecular formula is C22H28F3NO3S. The normalized spacial score (nSPS) is 32.1. The minimum Gasteiger partial charge on any atom is -0.376 e. The number of halogens is 3. The Balaban J connectivity index is 1.66. The van der Waals surface area contributed by atoms with E-state index in [2.05, 4.69) is 16.4 Å². The molecule has 1 heterocycles. The van der Waals surface area contributed by atoms with Gasteiger partial charge in [-0.05, 0) is 91.6 Å². The molecule has 1 saturated heterocycles. The number of nitrogens with one attached hydrogen (secondary N) is 1. The molecular weight excluding hydrogens is 415 g/mol. The number of rotatable bonds is 4. The molecule has 4 nitrogen and oxygen atoms in total. The first kappa shape index (κ1) is 20.6. The van der Waals surface area contributed by atoms with E-state index >= 15 is 0 Å². The molecule has 4 atom stereocenters. The Morgan fingerprint density at radius 2 is 1.93 bits per heavy atom. The molecule has 3 aliphatic carbocycles. The number of alkyl halides is 3. The highest BCUT2D eigenvalue weighted by Gasteiger charge is 2.53. The van der Waals surface area contributed by atoms with Gasteiger partial charge in [0.2, 0.25) is 0 Å². The predicted octanol–water partition coefficient (Wildman–Crippen LogP) is 4.77. The van der Waals surface area contributed by atoms with E-state index in [1.807, 2.05) is 0 Å². The van der Waals surface area contributed by atoms with Gasteiger partial charge >= 0.3 is 15.6 Å². The number of hydrogen-bond acceptors (Lipinski definition) is 4. The van der Waals surface area contributed by atoms with Gasteiger partial charge in [0.05, 0.1) is 0 Å². The number of piperidine rings is 1. The van der Waals surface area contributed by atoms with Crippen molar-refractivity contribution in [2.24, 2.45) is 11.8 Å². The van der Waals surface area contributed by atoms with Gasteiger partial charge in [-0.3, -0.25) is 0 Å². The van der Waals surface area contributed by atoms with Crippen LogP contribution in [0.5, 0.6) is 5.75 Å². The molecule has 2 saturated carbocycles. The van der Waals surface area contributed by atoms with Gasteiger partial charge in [0.15, 0.2) is 0 Å².